The number of rotatable bonds is 7. The maximum Gasteiger partial charge on any atom is 0.423 e. The Bertz CT molecular complexity index is 1220. The molecular weight excluding hydrogens is 540 g/mol. The van der Waals surface area contributed by atoms with Crippen molar-refractivity contribution in [2.45, 2.75) is 56.4 Å². The van der Waals surface area contributed by atoms with Crippen LogP contribution >= 0.6 is 0 Å². The maximum atomic E-state index is 13.2. The molecule has 1 amide bonds. The molecule has 4 heterocycles. The SMILES string of the molecule is CC(COC1CCN([C@H]2CCN(c3ncc(C(F)(F)F)cn3)C[C@H]2O)C1=O)Nc1cn[nH]c(=O)c1C(F)(F)F. The monoisotopic (exact) mass is 565 g/mol. The molecule has 2 fully saturated rings. The van der Waals surface area contributed by atoms with Gasteiger partial charge in [-0.1, -0.05) is 0 Å². The summed E-state index contributed by atoms with van der Waals surface area (Å²) < 4.78 is 83.6. The number of nitrogens with one attached hydrogen (secondary N) is 2. The van der Waals surface area contributed by atoms with Crippen LogP contribution in [0.4, 0.5) is 38.0 Å². The first kappa shape index (κ1) is 28.5. The van der Waals surface area contributed by atoms with Crippen LogP contribution in [0.5, 0.6) is 0 Å². The number of ether oxygens (including phenoxy) is 1. The molecule has 0 saturated carbocycles. The van der Waals surface area contributed by atoms with Gasteiger partial charge in [-0.2, -0.15) is 31.4 Å². The zero-order valence-corrected chi connectivity index (χ0v) is 20.5. The van der Waals surface area contributed by atoms with E-state index in [2.05, 4.69) is 20.4 Å². The van der Waals surface area contributed by atoms with Crippen molar-refractivity contribution in [2.24, 2.45) is 0 Å². The average molecular weight is 565 g/mol. The molecule has 2 aromatic heterocycles. The quantitative estimate of drug-likeness (QED) is 0.428. The summed E-state index contributed by atoms with van der Waals surface area (Å²) in [6.45, 7) is 1.93. The molecule has 11 nitrogen and oxygen atoms in total. The number of anilines is 2. The topological polar surface area (TPSA) is 137 Å². The fraction of sp³-hybridized carbons (Fsp3) is 0.591. The number of piperidine rings is 1. The Morgan fingerprint density at radius 2 is 1.79 bits per heavy atom. The third-order valence-corrected chi connectivity index (χ3v) is 6.47. The minimum Gasteiger partial charge on any atom is -0.389 e. The van der Waals surface area contributed by atoms with E-state index in [1.807, 2.05) is 0 Å². The first-order valence-electron chi connectivity index (χ1n) is 11.9. The van der Waals surface area contributed by atoms with Crippen LogP contribution in [0.25, 0.3) is 0 Å². The Kier molecular flexibility index (Phi) is 8.02. The Hall–Kier alpha value is -3.47. The van der Waals surface area contributed by atoms with E-state index >= 15 is 0 Å². The lowest BCUT2D eigenvalue weighted by Crippen LogP contribution is -2.55. The van der Waals surface area contributed by atoms with Gasteiger partial charge in [0.25, 0.3) is 11.5 Å². The standard InChI is InChI=1S/C22H25F6N7O4/c1-11(32-13-8-31-33-18(37)17(13)22(26,27)28)10-39-16-3-5-35(19(16)38)14-2-4-34(9-15(14)36)20-29-6-12(7-30-20)21(23,24)25/h6-8,11,14-16,36H,2-5,9-10H2,1H3,(H2,32,33,37)/t11?,14-,15+,16?/m0/s1. The molecule has 4 atom stereocenters. The largest absolute Gasteiger partial charge is 0.423 e. The third-order valence-electron chi connectivity index (χ3n) is 6.47. The fourth-order valence-electron chi connectivity index (χ4n) is 4.61. The van der Waals surface area contributed by atoms with Crippen LogP contribution in [-0.2, 0) is 21.9 Å². The van der Waals surface area contributed by atoms with E-state index in [9.17, 15) is 41.0 Å². The Labute approximate surface area is 217 Å². The number of aliphatic hydroxyl groups excluding tert-OH is 1. The number of carbonyl (C=O) groups is 1. The van der Waals surface area contributed by atoms with E-state index in [4.69, 9.17) is 4.74 Å². The van der Waals surface area contributed by atoms with Crippen molar-refractivity contribution in [1.29, 1.82) is 0 Å². The predicted molar refractivity (Wildman–Crippen MR) is 123 cm³/mol. The zero-order chi connectivity index (χ0) is 28.5. The van der Waals surface area contributed by atoms with E-state index in [0.29, 0.717) is 25.2 Å². The second-order valence-electron chi connectivity index (χ2n) is 9.31. The van der Waals surface area contributed by atoms with Crippen LogP contribution in [0.2, 0.25) is 0 Å². The molecule has 2 unspecified atom stereocenters. The summed E-state index contributed by atoms with van der Waals surface area (Å²) in [6, 6.07) is -1.28. The minimum absolute atomic E-state index is 0.00191. The molecule has 2 saturated heterocycles. The van der Waals surface area contributed by atoms with E-state index in [1.54, 1.807) is 5.10 Å². The van der Waals surface area contributed by atoms with Crippen LogP contribution in [0, 0.1) is 0 Å². The van der Waals surface area contributed by atoms with Gasteiger partial charge in [-0.3, -0.25) is 9.59 Å². The van der Waals surface area contributed by atoms with Crippen molar-refractivity contribution in [3.63, 3.8) is 0 Å². The third kappa shape index (κ3) is 6.41. The van der Waals surface area contributed by atoms with E-state index in [-0.39, 0.29) is 38.1 Å². The van der Waals surface area contributed by atoms with E-state index < -0.39 is 59.0 Å². The predicted octanol–water partition coefficient (Wildman–Crippen LogP) is 1.66. The summed E-state index contributed by atoms with van der Waals surface area (Å²) in [4.78, 5) is 35.0. The summed E-state index contributed by atoms with van der Waals surface area (Å²) in [6.07, 6.45) is -8.62. The Morgan fingerprint density at radius 1 is 1.10 bits per heavy atom. The lowest BCUT2D eigenvalue weighted by Gasteiger charge is -2.40. The van der Waals surface area contributed by atoms with E-state index in [0.717, 1.165) is 6.20 Å². The van der Waals surface area contributed by atoms with Crippen LogP contribution in [0.1, 0.15) is 30.9 Å². The number of aliphatic hydroxyl groups is 1. The van der Waals surface area contributed by atoms with Crippen molar-refractivity contribution in [3.05, 3.63) is 40.1 Å². The van der Waals surface area contributed by atoms with Crippen molar-refractivity contribution < 1.29 is 41.0 Å². The van der Waals surface area contributed by atoms with Gasteiger partial charge in [-0.25, -0.2) is 15.1 Å². The minimum atomic E-state index is -4.91. The number of halogens is 6. The van der Waals surface area contributed by atoms with Gasteiger partial charge in [0.15, 0.2) is 0 Å². The summed E-state index contributed by atoms with van der Waals surface area (Å²) in [5.74, 6) is -0.362. The number of nitrogens with zero attached hydrogens (tertiary/aromatic N) is 5. The average Bonchev–Trinajstić information content (AvgIpc) is 3.21. The molecule has 2 aliphatic heterocycles. The van der Waals surface area contributed by atoms with Crippen LogP contribution in [-0.4, -0.2) is 86.6 Å². The van der Waals surface area contributed by atoms with Gasteiger partial charge < -0.3 is 25.0 Å². The van der Waals surface area contributed by atoms with Crippen LogP contribution in [0.3, 0.4) is 0 Å². The lowest BCUT2D eigenvalue weighted by molar-refractivity contribution is -0.141. The molecule has 0 spiro atoms. The highest BCUT2D eigenvalue weighted by Gasteiger charge is 2.42. The van der Waals surface area contributed by atoms with Gasteiger partial charge in [0, 0.05) is 44.5 Å². The summed E-state index contributed by atoms with van der Waals surface area (Å²) in [7, 11) is 0. The molecule has 2 aromatic rings. The molecule has 0 radical (unpaired) electrons. The van der Waals surface area contributed by atoms with Gasteiger partial charge in [0.2, 0.25) is 5.95 Å². The number of aromatic nitrogens is 4. The molecule has 2 aliphatic rings. The van der Waals surface area contributed by atoms with Gasteiger partial charge in [0.1, 0.15) is 11.7 Å². The van der Waals surface area contributed by atoms with Gasteiger partial charge in [-0.15, -0.1) is 0 Å². The highest BCUT2D eigenvalue weighted by Crippen LogP contribution is 2.32. The summed E-state index contributed by atoms with van der Waals surface area (Å²) in [5, 5.41) is 18.4. The molecule has 0 aromatic carbocycles. The normalized spacial score (nSPS) is 23.3. The molecule has 17 heteroatoms. The van der Waals surface area contributed by atoms with Crippen LogP contribution < -0.4 is 15.8 Å². The molecule has 3 N–H and O–H groups in total. The van der Waals surface area contributed by atoms with Gasteiger partial charge in [0.05, 0.1) is 36.2 Å². The van der Waals surface area contributed by atoms with Crippen molar-refractivity contribution in [3.8, 4) is 0 Å². The zero-order valence-electron chi connectivity index (χ0n) is 20.5. The fourth-order valence-corrected chi connectivity index (χ4v) is 4.61. The maximum absolute atomic E-state index is 13.2. The first-order chi connectivity index (χ1) is 18.3. The number of likely N-dealkylation sites (tertiary alicyclic amines) is 1. The molecule has 0 bridgehead atoms. The second-order valence-corrected chi connectivity index (χ2v) is 9.31. The molecular formula is C22H25F6N7O4. The molecule has 0 aliphatic carbocycles. The van der Waals surface area contributed by atoms with Crippen LogP contribution in [0.15, 0.2) is 23.4 Å². The number of H-pyrrole nitrogens is 1. The summed E-state index contributed by atoms with van der Waals surface area (Å²) >= 11 is 0. The molecule has 4 rings (SSSR count). The second kappa shape index (κ2) is 11.0. The van der Waals surface area contributed by atoms with Crippen molar-refractivity contribution in [1.82, 2.24) is 25.1 Å². The molecule has 39 heavy (non-hydrogen) atoms. The van der Waals surface area contributed by atoms with Crippen molar-refractivity contribution >= 4 is 17.5 Å². The number of alkyl halides is 6. The Morgan fingerprint density at radius 3 is 2.41 bits per heavy atom. The smallest absolute Gasteiger partial charge is 0.389 e. The van der Waals surface area contributed by atoms with Crippen molar-refractivity contribution in [2.75, 3.05) is 36.5 Å². The number of carbonyl (C=O) groups excluding carboxylic acids is 1. The highest BCUT2D eigenvalue weighted by molar-refractivity contribution is 5.83. The number of amides is 1. The number of β-amino-alcohol motifs (C(OH)–C–C–N with tert-alkyl or cyclic N) is 1. The highest BCUT2D eigenvalue weighted by atomic mass is 19.4. The Balaban J connectivity index is 1.30. The number of aromatic amines is 1. The first-order valence-corrected chi connectivity index (χ1v) is 11.9. The van der Waals surface area contributed by atoms with Gasteiger partial charge >= 0.3 is 12.4 Å². The summed E-state index contributed by atoms with van der Waals surface area (Å²) in [5.41, 5.74) is -4.32. The lowest BCUT2D eigenvalue weighted by atomic mass is 10.0. The number of hydrogen-bond acceptors (Lipinski definition) is 9. The van der Waals surface area contributed by atoms with E-state index in [1.165, 1.54) is 16.7 Å². The molecule has 214 valence electrons. The van der Waals surface area contributed by atoms with Gasteiger partial charge in [-0.05, 0) is 13.3 Å². The number of hydrogen-bond donors (Lipinski definition) is 3.